The summed E-state index contributed by atoms with van der Waals surface area (Å²) in [6.07, 6.45) is 0. The monoisotopic (exact) mass is 185 g/mol. The molecule has 0 aliphatic heterocycles. The van der Waals surface area contributed by atoms with Crippen LogP contribution in [0.3, 0.4) is 0 Å². The zero-order valence-corrected chi connectivity index (χ0v) is 7.90. The van der Waals surface area contributed by atoms with Gasteiger partial charge in [-0.2, -0.15) is 0 Å². The van der Waals surface area contributed by atoms with E-state index in [-0.39, 0.29) is 0 Å². The molecule has 2 aromatic carbocycles. The summed E-state index contributed by atoms with van der Waals surface area (Å²) in [5, 5.41) is 10.9. The fraction of sp³-hybridized carbons (Fsp3) is 0.0909. The van der Waals surface area contributed by atoms with Gasteiger partial charge in [0.05, 0.1) is 0 Å². The van der Waals surface area contributed by atoms with Gasteiger partial charge in [-0.1, -0.05) is 30.3 Å². The van der Waals surface area contributed by atoms with Crippen LogP contribution in [0.4, 0.5) is 0 Å². The van der Waals surface area contributed by atoms with Gasteiger partial charge in [0.2, 0.25) is 0 Å². The molecule has 3 heteroatoms. The molecular weight excluding hydrogens is 175 g/mol. The van der Waals surface area contributed by atoms with Crippen LogP contribution in [0, 0.1) is 6.92 Å². The lowest BCUT2D eigenvalue weighted by Crippen LogP contribution is -2.01. The quantitative estimate of drug-likeness (QED) is 0.725. The largest absolute Gasteiger partial charge is 0.569 e. The van der Waals surface area contributed by atoms with E-state index in [4.69, 9.17) is 9.68 Å². The Hall–Kier alpha value is -1.48. The Morgan fingerprint density at radius 3 is 2.71 bits per heavy atom. The van der Waals surface area contributed by atoms with E-state index in [1.807, 2.05) is 37.3 Å². The molecule has 2 aromatic rings. The third-order valence-electron chi connectivity index (χ3n) is 2.33. The van der Waals surface area contributed by atoms with E-state index in [0.717, 1.165) is 10.9 Å². The van der Waals surface area contributed by atoms with Crippen LogP contribution < -0.4 is 4.65 Å². The minimum Gasteiger partial charge on any atom is -0.537 e. The van der Waals surface area contributed by atoms with Crippen LogP contribution in [0.15, 0.2) is 36.4 Å². The molecule has 0 spiro atoms. The van der Waals surface area contributed by atoms with Crippen molar-refractivity contribution in [2.75, 3.05) is 0 Å². The molecule has 0 aliphatic carbocycles. The molecule has 2 rings (SSSR count). The number of hydrogen-bond acceptors (Lipinski definition) is 2. The van der Waals surface area contributed by atoms with Crippen molar-refractivity contribution in [3.05, 3.63) is 42.0 Å². The number of rotatable bonds is 2. The summed E-state index contributed by atoms with van der Waals surface area (Å²) >= 11 is 0. The van der Waals surface area contributed by atoms with Crippen molar-refractivity contribution in [3.8, 4) is 5.75 Å². The van der Waals surface area contributed by atoms with Gasteiger partial charge in [0.25, 0.3) is 0 Å². The Morgan fingerprint density at radius 1 is 1.14 bits per heavy atom. The zero-order chi connectivity index (χ0) is 9.97. The van der Waals surface area contributed by atoms with Crippen molar-refractivity contribution in [1.29, 1.82) is 0 Å². The molecule has 0 bridgehead atoms. The minimum atomic E-state index is 0.686. The zero-order valence-electron chi connectivity index (χ0n) is 7.90. The van der Waals surface area contributed by atoms with Crippen LogP contribution in [0.2, 0.25) is 0 Å². The third kappa shape index (κ3) is 1.47. The average molecular weight is 185 g/mol. The van der Waals surface area contributed by atoms with Gasteiger partial charge in [0.15, 0.2) is 0 Å². The summed E-state index contributed by atoms with van der Waals surface area (Å²) < 4.78 is 4.98. The normalized spacial score (nSPS) is 10.1. The van der Waals surface area contributed by atoms with Gasteiger partial charge in [0.1, 0.15) is 5.75 Å². The summed E-state index contributed by atoms with van der Waals surface area (Å²) in [6, 6.07) is 11.9. The number of hydrogen-bond donors (Lipinski definition) is 1. The lowest BCUT2D eigenvalue weighted by Gasteiger charge is -2.08. The first kappa shape index (κ1) is 9.09. The molecule has 0 aliphatic rings. The van der Waals surface area contributed by atoms with Crippen LogP contribution in [-0.4, -0.2) is 12.7 Å². The molecule has 0 aromatic heterocycles. The van der Waals surface area contributed by atoms with Crippen molar-refractivity contribution in [1.82, 2.24) is 0 Å². The van der Waals surface area contributed by atoms with Crippen molar-refractivity contribution < 1.29 is 9.68 Å². The Balaban J connectivity index is 2.63. The van der Waals surface area contributed by atoms with Crippen molar-refractivity contribution >= 4 is 18.5 Å². The molecular formula is C11H10BO2. The molecule has 0 fully saturated rings. The van der Waals surface area contributed by atoms with Crippen molar-refractivity contribution in [2.24, 2.45) is 0 Å². The maximum atomic E-state index is 8.57. The second-order valence-electron chi connectivity index (χ2n) is 3.13. The molecule has 14 heavy (non-hydrogen) atoms. The molecule has 0 saturated heterocycles. The summed E-state index contributed by atoms with van der Waals surface area (Å²) in [6.45, 7) is 1.97. The second-order valence-corrected chi connectivity index (χ2v) is 3.13. The Labute approximate surface area is 83.4 Å². The first-order chi connectivity index (χ1) is 6.83. The second kappa shape index (κ2) is 3.72. The highest BCUT2D eigenvalue weighted by Gasteiger charge is 2.03. The standard InChI is InChI=1S/C11H10BO2/c1-8-10-5-3-2-4-9(10)6-7-11(8)14-12-13/h2-7,13H,1H3. The first-order valence-corrected chi connectivity index (χ1v) is 4.44. The molecule has 0 saturated carbocycles. The van der Waals surface area contributed by atoms with E-state index in [1.165, 1.54) is 5.39 Å². The molecule has 0 unspecified atom stereocenters. The first-order valence-electron chi connectivity index (χ1n) is 4.44. The molecule has 0 atom stereocenters. The highest BCUT2D eigenvalue weighted by atomic mass is 16.5. The molecule has 1 radical (unpaired) electrons. The summed E-state index contributed by atoms with van der Waals surface area (Å²) in [7, 11) is 0.705. The van der Waals surface area contributed by atoms with Crippen molar-refractivity contribution in [3.63, 3.8) is 0 Å². The van der Waals surface area contributed by atoms with Crippen LogP contribution in [0.25, 0.3) is 10.8 Å². The van der Waals surface area contributed by atoms with Crippen LogP contribution in [0.5, 0.6) is 5.75 Å². The summed E-state index contributed by atoms with van der Waals surface area (Å²) in [5.41, 5.74) is 1.04. The number of benzene rings is 2. The van der Waals surface area contributed by atoms with Gasteiger partial charge in [-0.25, -0.2) is 0 Å². The van der Waals surface area contributed by atoms with Crippen molar-refractivity contribution in [2.45, 2.75) is 6.92 Å². The smallest absolute Gasteiger partial charge is 0.537 e. The van der Waals surface area contributed by atoms with Crippen LogP contribution in [-0.2, 0) is 0 Å². The molecule has 2 nitrogen and oxygen atoms in total. The maximum absolute atomic E-state index is 8.57. The molecule has 1 N–H and O–H groups in total. The predicted octanol–water partition coefficient (Wildman–Crippen LogP) is 2.05. The third-order valence-corrected chi connectivity index (χ3v) is 2.33. The van der Waals surface area contributed by atoms with Gasteiger partial charge in [-0.15, -0.1) is 0 Å². The molecule has 69 valence electrons. The Bertz CT molecular complexity index is 454. The Kier molecular flexibility index (Phi) is 2.42. The summed E-state index contributed by atoms with van der Waals surface area (Å²) in [4.78, 5) is 0. The minimum absolute atomic E-state index is 0.686. The van der Waals surface area contributed by atoms with E-state index < -0.39 is 0 Å². The van der Waals surface area contributed by atoms with E-state index >= 15 is 0 Å². The van der Waals surface area contributed by atoms with Crippen LogP contribution >= 0.6 is 0 Å². The van der Waals surface area contributed by atoms with Gasteiger partial charge in [-0.05, 0) is 29.3 Å². The summed E-state index contributed by atoms with van der Waals surface area (Å²) in [5.74, 6) is 0.686. The fourth-order valence-corrected chi connectivity index (χ4v) is 1.59. The highest BCUT2D eigenvalue weighted by molar-refractivity contribution is 6.17. The average Bonchev–Trinajstić information content (AvgIpc) is 2.23. The number of aryl methyl sites for hydroxylation is 1. The predicted molar refractivity (Wildman–Crippen MR) is 57.3 cm³/mol. The Morgan fingerprint density at radius 2 is 1.93 bits per heavy atom. The van der Waals surface area contributed by atoms with Gasteiger partial charge in [-0.3, -0.25) is 0 Å². The lowest BCUT2D eigenvalue weighted by molar-refractivity contribution is 0.452. The SMILES string of the molecule is Cc1c(O[B]O)ccc2ccccc12. The fourth-order valence-electron chi connectivity index (χ4n) is 1.59. The van der Waals surface area contributed by atoms with E-state index in [0.29, 0.717) is 13.4 Å². The van der Waals surface area contributed by atoms with Gasteiger partial charge >= 0.3 is 7.69 Å². The maximum Gasteiger partial charge on any atom is 0.569 e. The van der Waals surface area contributed by atoms with E-state index in [9.17, 15) is 0 Å². The topological polar surface area (TPSA) is 29.5 Å². The molecule has 0 heterocycles. The lowest BCUT2D eigenvalue weighted by atomic mass is 10.0. The van der Waals surface area contributed by atoms with E-state index in [2.05, 4.69) is 6.07 Å². The van der Waals surface area contributed by atoms with Gasteiger partial charge in [0, 0.05) is 0 Å². The van der Waals surface area contributed by atoms with Crippen LogP contribution in [0.1, 0.15) is 5.56 Å². The molecule has 0 amide bonds. The number of fused-ring (bicyclic) bond motifs is 1. The van der Waals surface area contributed by atoms with E-state index in [1.54, 1.807) is 0 Å². The van der Waals surface area contributed by atoms with Gasteiger partial charge < -0.3 is 9.68 Å². The highest BCUT2D eigenvalue weighted by Crippen LogP contribution is 2.26.